The van der Waals surface area contributed by atoms with Crippen LogP contribution in [0.5, 0.6) is 0 Å². The molecule has 0 aliphatic carbocycles. The molecular weight excluding hydrogens is 494 g/mol. The zero-order valence-electron chi connectivity index (χ0n) is 29.4. The highest BCUT2D eigenvalue weighted by molar-refractivity contribution is 4.54. The lowest BCUT2D eigenvalue weighted by Crippen LogP contribution is -2.16. The molecule has 1 N–H and O–H groups in total. The molecule has 0 heterocycles. The van der Waals surface area contributed by atoms with Crippen LogP contribution in [0.25, 0.3) is 0 Å². The molecule has 0 fully saturated rings. The van der Waals surface area contributed by atoms with Gasteiger partial charge in [-0.15, -0.1) is 0 Å². The van der Waals surface area contributed by atoms with Crippen molar-refractivity contribution in [1.29, 1.82) is 0 Å². The highest BCUT2D eigenvalue weighted by Gasteiger charge is 1.97. The Labute approximate surface area is 263 Å². The summed E-state index contributed by atoms with van der Waals surface area (Å²) in [6.45, 7) is 7.11. The van der Waals surface area contributed by atoms with E-state index in [4.69, 9.17) is 0 Å². The smallest absolute Gasteiger partial charge is 0.00489 e. The Hall–Kier alpha value is -0.0400. The molecular formula is C40H83N. The molecule has 0 saturated heterocycles. The maximum atomic E-state index is 3.69. The molecule has 0 aliphatic rings. The van der Waals surface area contributed by atoms with Crippen LogP contribution in [0, 0.1) is 0 Å². The standard InChI is InChI=1S/C40H83N/c1-3-5-7-9-11-13-15-17-19-21-22-23-24-26-28-30-32-34-36-38-40-41-39-37-35-33-31-29-27-25-20-18-16-14-12-10-8-6-4-2/h41H,3-40H2,1-2H3. The third kappa shape index (κ3) is 40.0. The summed E-state index contributed by atoms with van der Waals surface area (Å²) in [4.78, 5) is 0. The van der Waals surface area contributed by atoms with E-state index in [2.05, 4.69) is 19.2 Å². The molecule has 0 saturated carbocycles. The lowest BCUT2D eigenvalue weighted by molar-refractivity contribution is 0.513. The quantitative estimate of drug-likeness (QED) is 0.0719. The van der Waals surface area contributed by atoms with Crippen molar-refractivity contribution >= 4 is 0 Å². The normalized spacial score (nSPS) is 11.6. The Kier molecular flexibility index (Phi) is 39.9. The van der Waals surface area contributed by atoms with Gasteiger partial charge in [-0.3, -0.25) is 0 Å². The first-order valence-electron chi connectivity index (χ1n) is 20.1. The van der Waals surface area contributed by atoms with Gasteiger partial charge in [-0.25, -0.2) is 0 Å². The zero-order valence-corrected chi connectivity index (χ0v) is 29.4. The van der Waals surface area contributed by atoms with E-state index >= 15 is 0 Å². The van der Waals surface area contributed by atoms with Gasteiger partial charge in [0.15, 0.2) is 0 Å². The van der Waals surface area contributed by atoms with Crippen molar-refractivity contribution in [3.05, 3.63) is 0 Å². The van der Waals surface area contributed by atoms with Crippen LogP contribution in [0.4, 0.5) is 0 Å². The summed E-state index contributed by atoms with van der Waals surface area (Å²) in [5.74, 6) is 0. The fourth-order valence-electron chi connectivity index (χ4n) is 6.43. The molecule has 0 aromatic heterocycles. The molecule has 0 aromatic carbocycles. The molecule has 0 aromatic rings. The second kappa shape index (κ2) is 40.0. The van der Waals surface area contributed by atoms with Gasteiger partial charge in [0.2, 0.25) is 0 Å². The molecule has 0 amide bonds. The second-order valence-electron chi connectivity index (χ2n) is 13.8. The zero-order chi connectivity index (χ0) is 29.6. The molecule has 0 unspecified atom stereocenters. The lowest BCUT2D eigenvalue weighted by atomic mass is 10.0. The highest BCUT2D eigenvalue weighted by Crippen LogP contribution is 2.16. The first-order valence-corrected chi connectivity index (χ1v) is 20.1. The molecule has 41 heavy (non-hydrogen) atoms. The average molecular weight is 578 g/mol. The van der Waals surface area contributed by atoms with E-state index < -0.39 is 0 Å². The van der Waals surface area contributed by atoms with Crippen molar-refractivity contribution in [1.82, 2.24) is 5.32 Å². The summed E-state index contributed by atoms with van der Waals surface area (Å²) < 4.78 is 0. The number of hydrogen-bond donors (Lipinski definition) is 1. The van der Waals surface area contributed by atoms with Crippen LogP contribution in [0.15, 0.2) is 0 Å². The molecule has 0 atom stereocenters. The topological polar surface area (TPSA) is 12.0 Å². The van der Waals surface area contributed by atoms with Gasteiger partial charge in [0.05, 0.1) is 0 Å². The summed E-state index contributed by atoms with van der Waals surface area (Å²) in [5, 5.41) is 3.69. The van der Waals surface area contributed by atoms with Gasteiger partial charge in [0.1, 0.15) is 0 Å². The van der Waals surface area contributed by atoms with E-state index in [9.17, 15) is 0 Å². The van der Waals surface area contributed by atoms with Crippen LogP contribution in [0.1, 0.15) is 245 Å². The van der Waals surface area contributed by atoms with Gasteiger partial charge in [-0.05, 0) is 25.9 Å². The molecule has 1 nitrogen and oxygen atoms in total. The van der Waals surface area contributed by atoms with E-state index in [1.165, 1.54) is 244 Å². The fourth-order valence-corrected chi connectivity index (χ4v) is 6.43. The predicted octanol–water partition coefficient (Wildman–Crippen LogP) is 14.7. The van der Waals surface area contributed by atoms with Crippen molar-refractivity contribution in [3.8, 4) is 0 Å². The summed E-state index contributed by atoms with van der Waals surface area (Å²) in [6, 6.07) is 0. The number of unbranched alkanes of at least 4 members (excludes halogenated alkanes) is 34. The van der Waals surface area contributed by atoms with Crippen LogP contribution in [0.2, 0.25) is 0 Å². The SMILES string of the molecule is CCCCCCCCCCCCCCCCCCCCCCNCCCCCCCCCCCCCCCCCC. The van der Waals surface area contributed by atoms with Gasteiger partial charge in [-0.2, -0.15) is 0 Å². The van der Waals surface area contributed by atoms with Crippen LogP contribution < -0.4 is 5.32 Å². The van der Waals surface area contributed by atoms with E-state index in [1.807, 2.05) is 0 Å². The lowest BCUT2D eigenvalue weighted by Gasteiger charge is -2.06. The van der Waals surface area contributed by atoms with E-state index in [0.717, 1.165) is 0 Å². The minimum absolute atomic E-state index is 1.25. The van der Waals surface area contributed by atoms with Gasteiger partial charge in [0.25, 0.3) is 0 Å². The van der Waals surface area contributed by atoms with Gasteiger partial charge >= 0.3 is 0 Å². The van der Waals surface area contributed by atoms with Gasteiger partial charge in [-0.1, -0.05) is 232 Å². The summed E-state index contributed by atoms with van der Waals surface area (Å²) in [7, 11) is 0. The first kappa shape index (κ1) is 41.0. The fraction of sp³-hybridized carbons (Fsp3) is 1.00. The number of nitrogens with one attached hydrogen (secondary N) is 1. The summed E-state index contributed by atoms with van der Waals surface area (Å²) >= 11 is 0. The minimum atomic E-state index is 1.25. The van der Waals surface area contributed by atoms with Gasteiger partial charge in [0, 0.05) is 0 Å². The minimum Gasteiger partial charge on any atom is -0.317 e. The predicted molar refractivity (Wildman–Crippen MR) is 190 cm³/mol. The highest BCUT2D eigenvalue weighted by atomic mass is 14.8. The Morgan fingerprint density at radius 3 is 0.512 bits per heavy atom. The second-order valence-corrected chi connectivity index (χ2v) is 13.8. The average Bonchev–Trinajstić information content (AvgIpc) is 2.98. The van der Waals surface area contributed by atoms with Crippen molar-refractivity contribution < 1.29 is 0 Å². The van der Waals surface area contributed by atoms with E-state index in [-0.39, 0.29) is 0 Å². The van der Waals surface area contributed by atoms with Crippen molar-refractivity contribution in [2.45, 2.75) is 245 Å². The molecule has 0 aliphatic heterocycles. The number of rotatable bonds is 38. The largest absolute Gasteiger partial charge is 0.317 e. The van der Waals surface area contributed by atoms with Crippen molar-refractivity contribution in [2.75, 3.05) is 13.1 Å². The molecule has 0 spiro atoms. The van der Waals surface area contributed by atoms with Crippen LogP contribution in [-0.4, -0.2) is 13.1 Å². The maximum Gasteiger partial charge on any atom is -0.00489 e. The van der Waals surface area contributed by atoms with E-state index in [1.54, 1.807) is 0 Å². The Bertz CT molecular complexity index is 381. The molecule has 248 valence electrons. The van der Waals surface area contributed by atoms with Crippen LogP contribution in [-0.2, 0) is 0 Å². The van der Waals surface area contributed by atoms with Crippen LogP contribution in [0.3, 0.4) is 0 Å². The summed E-state index contributed by atoms with van der Waals surface area (Å²) in [6.07, 6.45) is 52.7. The van der Waals surface area contributed by atoms with E-state index in [0.29, 0.717) is 0 Å². The number of hydrogen-bond acceptors (Lipinski definition) is 1. The molecule has 1 heteroatoms. The molecule has 0 rings (SSSR count). The molecule has 0 radical (unpaired) electrons. The van der Waals surface area contributed by atoms with Crippen molar-refractivity contribution in [2.24, 2.45) is 0 Å². The van der Waals surface area contributed by atoms with Gasteiger partial charge < -0.3 is 5.32 Å². The first-order chi connectivity index (χ1) is 20.4. The van der Waals surface area contributed by atoms with Crippen LogP contribution >= 0.6 is 0 Å². The third-order valence-electron chi connectivity index (χ3n) is 9.41. The third-order valence-corrected chi connectivity index (χ3v) is 9.41. The Morgan fingerprint density at radius 1 is 0.195 bits per heavy atom. The monoisotopic (exact) mass is 578 g/mol. The molecule has 0 bridgehead atoms. The maximum absolute atomic E-state index is 3.69. The Balaban J connectivity index is 3.02. The van der Waals surface area contributed by atoms with Crippen molar-refractivity contribution in [3.63, 3.8) is 0 Å². The Morgan fingerprint density at radius 2 is 0.341 bits per heavy atom. The summed E-state index contributed by atoms with van der Waals surface area (Å²) in [5.41, 5.74) is 0.